The van der Waals surface area contributed by atoms with Gasteiger partial charge in [-0.2, -0.15) is 5.10 Å². The van der Waals surface area contributed by atoms with Gasteiger partial charge in [0.2, 0.25) is 5.91 Å². The Kier molecular flexibility index (Phi) is 4.24. The van der Waals surface area contributed by atoms with Crippen LogP contribution in [0.4, 0.5) is 0 Å². The molecule has 0 spiro atoms. The third-order valence-electron chi connectivity index (χ3n) is 4.81. The minimum absolute atomic E-state index is 0.0404. The zero-order valence-electron chi connectivity index (χ0n) is 14.3. The van der Waals surface area contributed by atoms with E-state index >= 15 is 0 Å². The van der Waals surface area contributed by atoms with E-state index in [2.05, 4.69) is 15.4 Å². The molecule has 1 atom stereocenters. The molecule has 1 aliphatic carbocycles. The lowest BCUT2D eigenvalue weighted by Gasteiger charge is -2.18. The van der Waals surface area contributed by atoms with Crippen molar-refractivity contribution in [3.8, 4) is 0 Å². The molecule has 124 valence electrons. The maximum absolute atomic E-state index is 12.4. The first-order valence-electron chi connectivity index (χ1n) is 8.23. The summed E-state index contributed by atoms with van der Waals surface area (Å²) >= 11 is 0. The average Bonchev–Trinajstić information content (AvgIpc) is 3.21. The molecule has 0 aromatic carbocycles. The molecular weight excluding hydrogens is 290 g/mol. The zero-order valence-corrected chi connectivity index (χ0v) is 14.3. The quantitative estimate of drug-likeness (QED) is 0.886. The topological polar surface area (TPSA) is 64.7 Å². The maximum atomic E-state index is 12.4. The number of rotatable bonds is 6. The molecule has 23 heavy (non-hydrogen) atoms. The number of aromatic nitrogens is 4. The number of nitrogens with one attached hydrogen (secondary N) is 1. The lowest BCUT2D eigenvalue weighted by atomic mass is 10.1. The summed E-state index contributed by atoms with van der Waals surface area (Å²) in [5.74, 6) is 1.57. The Morgan fingerprint density at radius 1 is 1.39 bits per heavy atom. The molecule has 2 heterocycles. The second-order valence-corrected chi connectivity index (χ2v) is 6.55. The van der Waals surface area contributed by atoms with Crippen LogP contribution in [0.1, 0.15) is 48.1 Å². The Hall–Kier alpha value is -2.11. The summed E-state index contributed by atoms with van der Waals surface area (Å²) in [6, 6.07) is 0.0404. The third kappa shape index (κ3) is 3.30. The molecule has 2 aromatic rings. The summed E-state index contributed by atoms with van der Waals surface area (Å²) < 4.78 is 3.88. The van der Waals surface area contributed by atoms with Gasteiger partial charge >= 0.3 is 0 Å². The Morgan fingerprint density at radius 3 is 2.65 bits per heavy atom. The van der Waals surface area contributed by atoms with Crippen molar-refractivity contribution in [1.82, 2.24) is 24.6 Å². The molecule has 1 fully saturated rings. The van der Waals surface area contributed by atoms with Gasteiger partial charge in [0.1, 0.15) is 5.82 Å². The van der Waals surface area contributed by atoms with E-state index in [1.54, 1.807) is 6.20 Å². The van der Waals surface area contributed by atoms with E-state index in [1.165, 1.54) is 18.4 Å². The number of carbonyl (C=O) groups excluding carboxylic acids is 1. The van der Waals surface area contributed by atoms with Gasteiger partial charge in [0, 0.05) is 38.6 Å². The van der Waals surface area contributed by atoms with Gasteiger partial charge in [0.05, 0.1) is 11.7 Å². The van der Waals surface area contributed by atoms with Gasteiger partial charge in [-0.15, -0.1) is 0 Å². The first-order valence-corrected chi connectivity index (χ1v) is 8.23. The monoisotopic (exact) mass is 315 g/mol. The van der Waals surface area contributed by atoms with Gasteiger partial charge in [-0.1, -0.05) is 0 Å². The van der Waals surface area contributed by atoms with Gasteiger partial charge < -0.3 is 9.88 Å². The predicted molar refractivity (Wildman–Crippen MR) is 87.8 cm³/mol. The molecule has 1 amide bonds. The van der Waals surface area contributed by atoms with Crippen molar-refractivity contribution in [2.24, 2.45) is 20.0 Å². The van der Waals surface area contributed by atoms with E-state index in [9.17, 15) is 4.79 Å². The number of nitrogens with zero attached hydrogens (tertiary/aromatic N) is 4. The molecule has 6 nitrogen and oxygen atoms in total. The third-order valence-corrected chi connectivity index (χ3v) is 4.81. The summed E-state index contributed by atoms with van der Waals surface area (Å²) in [4.78, 5) is 16.8. The first kappa shape index (κ1) is 15.8. The predicted octanol–water partition coefficient (Wildman–Crippen LogP) is 1.97. The fourth-order valence-electron chi connectivity index (χ4n) is 3.16. The van der Waals surface area contributed by atoms with Crippen molar-refractivity contribution in [2.75, 3.05) is 0 Å². The molecule has 1 N–H and O–H groups in total. The number of aryl methyl sites for hydroxylation is 3. The average molecular weight is 315 g/mol. The van der Waals surface area contributed by atoms with Gasteiger partial charge in [-0.05, 0) is 44.6 Å². The van der Waals surface area contributed by atoms with Gasteiger partial charge in [0.25, 0.3) is 0 Å². The lowest BCUT2D eigenvalue weighted by Crippen LogP contribution is -2.31. The highest BCUT2D eigenvalue weighted by Crippen LogP contribution is 2.40. The standard InChI is InChI=1S/C17H25N5O/c1-11-14(12(2)22(4)20-11)7-8-15(23)19-16(13-5-6-13)17-18-9-10-21(17)3/h9-10,13,16H,5-8H2,1-4H3,(H,19,23). The van der Waals surface area contributed by atoms with Crippen LogP contribution in [0.3, 0.4) is 0 Å². The van der Waals surface area contributed by atoms with Crippen molar-refractivity contribution in [2.45, 2.75) is 45.6 Å². The summed E-state index contributed by atoms with van der Waals surface area (Å²) in [6.45, 7) is 4.05. The van der Waals surface area contributed by atoms with Crippen molar-refractivity contribution >= 4 is 5.91 Å². The van der Waals surface area contributed by atoms with Crippen LogP contribution >= 0.6 is 0 Å². The Morgan fingerprint density at radius 2 is 2.13 bits per heavy atom. The second kappa shape index (κ2) is 6.18. The molecule has 0 bridgehead atoms. The molecule has 6 heteroatoms. The molecule has 1 saturated carbocycles. The summed E-state index contributed by atoms with van der Waals surface area (Å²) in [5.41, 5.74) is 3.33. The SMILES string of the molecule is Cc1nn(C)c(C)c1CCC(=O)NC(c1nccn1C)C1CC1. The largest absolute Gasteiger partial charge is 0.346 e. The van der Waals surface area contributed by atoms with Crippen LogP contribution in [-0.4, -0.2) is 25.2 Å². The van der Waals surface area contributed by atoms with Gasteiger partial charge in [-0.3, -0.25) is 9.48 Å². The van der Waals surface area contributed by atoms with E-state index in [0.29, 0.717) is 12.3 Å². The van der Waals surface area contributed by atoms with Crippen molar-refractivity contribution in [1.29, 1.82) is 0 Å². The van der Waals surface area contributed by atoms with Crippen LogP contribution in [0.5, 0.6) is 0 Å². The van der Waals surface area contributed by atoms with Gasteiger partial charge in [-0.25, -0.2) is 4.98 Å². The smallest absolute Gasteiger partial charge is 0.220 e. The molecule has 1 unspecified atom stereocenters. The molecular formula is C17H25N5O. The fourth-order valence-corrected chi connectivity index (χ4v) is 3.16. The maximum Gasteiger partial charge on any atom is 0.220 e. The highest BCUT2D eigenvalue weighted by atomic mass is 16.1. The van der Waals surface area contributed by atoms with E-state index in [4.69, 9.17) is 0 Å². The molecule has 1 aliphatic rings. The lowest BCUT2D eigenvalue weighted by molar-refractivity contribution is -0.122. The zero-order chi connectivity index (χ0) is 16.6. The summed E-state index contributed by atoms with van der Waals surface area (Å²) in [5, 5.41) is 7.60. The molecule has 0 aliphatic heterocycles. The van der Waals surface area contributed by atoms with E-state index in [1.807, 2.05) is 43.4 Å². The Labute approximate surface area is 136 Å². The number of carbonyl (C=O) groups is 1. The van der Waals surface area contributed by atoms with Crippen molar-refractivity contribution in [3.05, 3.63) is 35.2 Å². The van der Waals surface area contributed by atoms with E-state index in [0.717, 1.165) is 23.6 Å². The van der Waals surface area contributed by atoms with Crippen LogP contribution in [0.25, 0.3) is 0 Å². The Bertz CT molecular complexity index is 711. The fraction of sp³-hybridized carbons (Fsp3) is 0.588. The van der Waals surface area contributed by atoms with Crippen molar-refractivity contribution in [3.63, 3.8) is 0 Å². The highest BCUT2D eigenvalue weighted by Gasteiger charge is 2.35. The molecule has 0 saturated heterocycles. The second-order valence-electron chi connectivity index (χ2n) is 6.55. The van der Waals surface area contributed by atoms with E-state index < -0.39 is 0 Å². The normalized spacial score (nSPS) is 15.7. The number of imidazole rings is 1. The number of hydrogen-bond acceptors (Lipinski definition) is 3. The summed E-state index contributed by atoms with van der Waals surface area (Å²) in [6.07, 6.45) is 7.27. The van der Waals surface area contributed by atoms with Crippen LogP contribution in [0, 0.1) is 19.8 Å². The molecule has 0 radical (unpaired) electrons. The van der Waals surface area contributed by atoms with Crippen LogP contribution < -0.4 is 5.32 Å². The van der Waals surface area contributed by atoms with Crippen LogP contribution in [-0.2, 0) is 25.3 Å². The number of amides is 1. The van der Waals surface area contributed by atoms with Gasteiger partial charge in [0.15, 0.2) is 0 Å². The first-order chi connectivity index (χ1) is 11.0. The minimum atomic E-state index is 0.0404. The van der Waals surface area contributed by atoms with E-state index in [-0.39, 0.29) is 11.9 Å². The number of hydrogen-bond donors (Lipinski definition) is 1. The molecule has 3 rings (SSSR count). The minimum Gasteiger partial charge on any atom is -0.346 e. The van der Waals surface area contributed by atoms with Crippen LogP contribution in [0.2, 0.25) is 0 Å². The van der Waals surface area contributed by atoms with Crippen molar-refractivity contribution < 1.29 is 4.79 Å². The Balaban J connectivity index is 1.63. The van der Waals surface area contributed by atoms with Crippen LogP contribution in [0.15, 0.2) is 12.4 Å². The summed E-state index contributed by atoms with van der Waals surface area (Å²) in [7, 11) is 3.92. The molecule has 2 aromatic heterocycles. The highest BCUT2D eigenvalue weighted by molar-refractivity contribution is 5.76.